The monoisotopic (exact) mass is 397 g/mol. The van der Waals surface area contributed by atoms with E-state index in [2.05, 4.69) is 28.6 Å². The molecule has 148 valence electrons. The van der Waals surface area contributed by atoms with Gasteiger partial charge in [-0.1, -0.05) is 42.1 Å². The number of benzene rings is 1. The van der Waals surface area contributed by atoms with Gasteiger partial charge in [0.1, 0.15) is 0 Å². The van der Waals surface area contributed by atoms with Gasteiger partial charge in [-0.2, -0.15) is 0 Å². The fourth-order valence-corrected chi connectivity index (χ4v) is 4.50. The Morgan fingerprint density at radius 3 is 2.64 bits per heavy atom. The number of carbonyl (C=O) groups is 1. The van der Waals surface area contributed by atoms with Crippen molar-refractivity contribution in [3.8, 4) is 11.3 Å². The Labute approximate surface area is 170 Å². The fourth-order valence-electron chi connectivity index (χ4n) is 3.67. The molecular formula is C22H27N3O2S. The van der Waals surface area contributed by atoms with Crippen molar-refractivity contribution >= 4 is 17.5 Å². The molecule has 0 bridgehead atoms. The smallest absolute Gasteiger partial charge is 0.175 e. The van der Waals surface area contributed by atoms with Gasteiger partial charge in [-0.05, 0) is 32.4 Å². The minimum atomic E-state index is 0.123. The molecule has 0 aliphatic rings. The normalized spacial score (nSPS) is 12.3. The summed E-state index contributed by atoms with van der Waals surface area (Å²) in [6, 6.07) is 12.3. The topological polar surface area (TPSA) is 49.1 Å². The summed E-state index contributed by atoms with van der Waals surface area (Å²) in [6.07, 6.45) is 1.86. The highest BCUT2D eigenvalue weighted by Gasteiger charge is 2.19. The van der Waals surface area contributed by atoms with Crippen molar-refractivity contribution in [1.29, 1.82) is 0 Å². The summed E-state index contributed by atoms with van der Waals surface area (Å²) in [5.41, 5.74) is 5.02. The predicted octanol–water partition coefficient (Wildman–Crippen LogP) is 4.69. The summed E-state index contributed by atoms with van der Waals surface area (Å²) < 4.78 is 9.49. The van der Waals surface area contributed by atoms with Crippen LogP contribution >= 0.6 is 11.8 Å². The van der Waals surface area contributed by atoms with Gasteiger partial charge in [0.25, 0.3) is 0 Å². The van der Waals surface area contributed by atoms with Crippen LogP contribution in [0.4, 0.5) is 0 Å². The Kier molecular flexibility index (Phi) is 6.42. The molecule has 1 aromatic carbocycles. The molecule has 0 aliphatic carbocycles. The Morgan fingerprint density at radius 1 is 1.25 bits per heavy atom. The number of thioether (sulfide) groups is 1. The third kappa shape index (κ3) is 4.08. The van der Waals surface area contributed by atoms with Crippen LogP contribution in [0.3, 0.4) is 0 Å². The molecule has 0 saturated heterocycles. The van der Waals surface area contributed by atoms with E-state index in [-0.39, 0.29) is 11.8 Å². The van der Waals surface area contributed by atoms with Gasteiger partial charge in [0.05, 0.1) is 30.3 Å². The van der Waals surface area contributed by atoms with Crippen LogP contribution in [-0.4, -0.2) is 39.4 Å². The van der Waals surface area contributed by atoms with E-state index in [1.165, 1.54) is 11.8 Å². The minimum Gasteiger partial charge on any atom is -0.383 e. The third-order valence-electron chi connectivity index (χ3n) is 4.98. The number of ether oxygens (including phenoxy) is 1. The van der Waals surface area contributed by atoms with Gasteiger partial charge in [-0.25, -0.2) is 4.98 Å². The number of imidazole rings is 1. The number of aromatic nitrogens is 3. The van der Waals surface area contributed by atoms with Gasteiger partial charge in [-0.3, -0.25) is 4.79 Å². The number of rotatable bonds is 8. The average molecular weight is 398 g/mol. The summed E-state index contributed by atoms with van der Waals surface area (Å²) in [4.78, 5) is 17.4. The quantitative estimate of drug-likeness (QED) is 0.409. The van der Waals surface area contributed by atoms with E-state index >= 15 is 0 Å². The van der Waals surface area contributed by atoms with Crippen LogP contribution in [0.2, 0.25) is 0 Å². The third-order valence-corrected chi connectivity index (χ3v) is 6.02. The van der Waals surface area contributed by atoms with Crippen molar-refractivity contribution in [2.45, 2.75) is 32.0 Å². The second-order valence-corrected chi connectivity index (χ2v) is 7.96. The van der Waals surface area contributed by atoms with E-state index in [4.69, 9.17) is 4.74 Å². The number of ketones is 1. The maximum Gasteiger partial charge on any atom is 0.175 e. The summed E-state index contributed by atoms with van der Waals surface area (Å²) in [6.45, 7) is 6.76. The fraction of sp³-hybridized carbons (Fsp3) is 0.364. The standard InChI is InChI=1S/C22H27N3O2S/c1-15-11-19(17(3)25(15)16(2)13-27-5)21(26)14-28-22-23-12-20(24(22)4)18-9-7-6-8-10-18/h6-12,16H,13-14H2,1-5H3/t16-/m1/s1. The van der Waals surface area contributed by atoms with E-state index in [1.54, 1.807) is 7.11 Å². The zero-order chi connectivity index (χ0) is 20.3. The first kappa shape index (κ1) is 20.4. The van der Waals surface area contributed by atoms with Crippen LogP contribution in [0, 0.1) is 13.8 Å². The average Bonchev–Trinajstić information content (AvgIpc) is 3.20. The second kappa shape index (κ2) is 8.80. The lowest BCUT2D eigenvalue weighted by atomic mass is 10.2. The number of methoxy groups -OCH3 is 1. The molecule has 28 heavy (non-hydrogen) atoms. The van der Waals surface area contributed by atoms with Crippen molar-refractivity contribution in [3.05, 3.63) is 59.5 Å². The van der Waals surface area contributed by atoms with E-state index in [0.29, 0.717) is 12.4 Å². The Balaban J connectivity index is 1.73. The zero-order valence-corrected chi connectivity index (χ0v) is 17.9. The maximum atomic E-state index is 12.9. The van der Waals surface area contributed by atoms with Crippen LogP contribution in [0.1, 0.15) is 34.7 Å². The maximum absolute atomic E-state index is 12.9. The Bertz CT molecular complexity index is 960. The summed E-state index contributed by atoms with van der Waals surface area (Å²) >= 11 is 1.48. The summed E-state index contributed by atoms with van der Waals surface area (Å²) in [5, 5.41) is 0.841. The number of hydrogen-bond acceptors (Lipinski definition) is 4. The molecule has 0 amide bonds. The largest absolute Gasteiger partial charge is 0.383 e. The lowest BCUT2D eigenvalue weighted by Crippen LogP contribution is -2.14. The molecule has 0 N–H and O–H groups in total. The number of aryl methyl sites for hydroxylation is 1. The highest BCUT2D eigenvalue weighted by molar-refractivity contribution is 7.99. The molecule has 1 atom stereocenters. The van der Waals surface area contributed by atoms with Gasteiger partial charge >= 0.3 is 0 Å². The Morgan fingerprint density at radius 2 is 1.96 bits per heavy atom. The Hall–Kier alpha value is -2.31. The molecule has 3 rings (SSSR count). The van der Waals surface area contributed by atoms with Gasteiger partial charge in [0.15, 0.2) is 10.9 Å². The molecule has 0 radical (unpaired) electrons. The molecule has 0 aliphatic heterocycles. The first-order chi connectivity index (χ1) is 13.4. The van der Waals surface area contributed by atoms with Crippen LogP contribution in [0.15, 0.2) is 47.8 Å². The number of hydrogen-bond donors (Lipinski definition) is 0. The highest BCUT2D eigenvalue weighted by Crippen LogP contribution is 2.27. The highest BCUT2D eigenvalue weighted by atomic mass is 32.2. The van der Waals surface area contributed by atoms with Crippen LogP contribution in [0.25, 0.3) is 11.3 Å². The van der Waals surface area contributed by atoms with E-state index < -0.39 is 0 Å². The molecule has 0 unspecified atom stereocenters. The molecular weight excluding hydrogens is 370 g/mol. The lowest BCUT2D eigenvalue weighted by molar-refractivity contribution is 0.102. The van der Waals surface area contributed by atoms with E-state index in [9.17, 15) is 4.79 Å². The molecule has 2 heterocycles. The lowest BCUT2D eigenvalue weighted by Gasteiger charge is -2.17. The van der Waals surface area contributed by atoms with Crippen molar-refractivity contribution in [2.24, 2.45) is 7.05 Å². The first-order valence-electron chi connectivity index (χ1n) is 9.34. The molecule has 2 aromatic heterocycles. The van der Waals surface area contributed by atoms with Crippen LogP contribution in [-0.2, 0) is 11.8 Å². The number of Topliss-reactive ketones (excluding diaryl/α,β-unsaturated/α-hetero) is 1. The van der Waals surface area contributed by atoms with Crippen LogP contribution < -0.4 is 0 Å². The van der Waals surface area contributed by atoms with Crippen molar-refractivity contribution in [2.75, 3.05) is 19.5 Å². The van der Waals surface area contributed by atoms with Crippen molar-refractivity contribution in [1.82, 2.24) is 14.1 Å². The molecule has 3 aromatic rings. The van der Waals surface area contributed by atoms with Gasteiger partial charge in [0, 0.05) is 31.1 Å². The molecule has 0 spiro atoms. The molecule has 0 saturated carbocycles. The van der Waals surface area contributed by atoms with Crippen molar-refractivity contribution < 1.29 is 9.53 Å². The molecule has 6 heteroatoms. The van der Waals surface area contributed by atoms with Crippen LogP contribution in [0.5, 0.6) is 0 Å². The van der Waals surface area contributed by atoms with E-state index in [1.807, 2.05) is 55.9 Å². The van der Waals surface area contributed by atoms with E-state index in [0.717, 1.165) is 33.4 Å². The van der Waals surface area contributed by atoms with Gasteiger partial charge in [-0.15, -0.1) is 0 Å². The number of nitrogens with zero attached hydrogens (tertiary/aromatic N) is 3. The van der Waals surface area contributed by atoms with Gasteiger partial charge in [0.2, 0.25) is 0 Å². The second-order valence-electron chi connectivity index (χ2n) is 7.02. The van der Waals surface area contributed by atoms with Crippen molar-refractivity contribution in [3.63, 3.8) is 0 Å². The minimum absolute atomic E-state index is 0.123. The SMILES string of the molecule is COC[C@@H](C)n1c(C)cc(C(=O)CSc2ncc(-c3ccccc3)n2C)c1C. The summed E-state index contributed by atoms with van der Waals surface area (Å²) in [5.74, 6) is 0.486. The zero-order valence-electron chi connectivity index (χ0n) is 17.1. The number of carbonyl (C=O) groups excluding carboxylic acids is 1. The first-order valence-corrected chi connectivity index (χ1v) is 10.3. The summed E-state index contributed by atoms with van der Waals surface area (Å²) in [7, 11) is 3.68. The molecule has 5 nitrogen and oxygen atoms in total. The predicted molar refractivity (Wildman–Crippen MR) is 114 cm³/mol. The molecule has 0 fully saturated rings. The van der Waals surface area contributed by atoms with Gasteiger partial charge < -0.3 is 13.9 Å².